The Bertz CT molecular complexity index is 1370. The summed E-state index contributed by atoms with van der Waals surface area (Å²) in [5, 5.41) is 0.656. The molecule has 0 spiro atoms. The highest BCUT2D eigenvalue weighted by Crippen LogP contribution is 2.30. The average Bonchev–Trinajstić information content (AvgIpc) is 3.52. The number of amides is 2. The van der Waals surface area contributed by atoms with E-state index in [1.54, 1.807) is 34.1 Å². The number of halogens is 2. The van der Waals surface area contributed by atoms with Gasteiger partial charge in [0.2, 0.25) is 0 Å². The molecule has 2 aliphatic rings. The Balaban J connectivity index is 1.36. The minimum absolute atomic E-state index is 0.0922. The molecular formula is C27H29ClFN5O3. The molecule has 1 aromatic heterocycles. The number of nitrogens with two attached hydrogens (primary N) is 1. The second kappa shape index (κ2) is 10.1. The molecule has 0 bridgehead atoms. The fourth-order valence-corrected chi connectivity index (χ4v) is 5.51. The predicted molar refractivity (Wildman–Crippen MR) is 139 cm³/mol. The first-order chi connectivity index (χ1) is 17.7. The third-order valence-corrected chi connectivity index (χ3v) is 7.59. The molecule has 5 rings (SSSR count). The number of piperazine rings is 1. The molecule has 37 heavy (non-hydrogen) atoms. The Hall–Kier alpha value is -3.43. The third kappa shape index (κ3) is 4.93. The van der Waals surface area contributed by atoms with E-state index in [-0.39, 0.29) is 33.9 Å². The molecule has 2 N–H and O–H groups in total. The van der Waals surface area contributed by atoms with Crippen molar-refractivity contribution in [1.29, 1.82) is 0 Å². The van der Waals surface area contributed by atoms with Gasteiger partial charge >= 0.3 is 0 Å². The Kier molecular flexibility index (Phi) is 6.92. The van der Waals surface area contributed by atoms with Crippen LogP contribution >= 0.6 is 11.6 Å². The first-order valence-electron chi connectivity index (χ1n) is 12.4. The number of hydrogen-bond donors (Lipinski definition) is 1. The Morgan fingerprint density at radius 1 is 1.03 bits per heavy atom. The summed E-state index contributed by atoms with van der Waals surface area (Å²) in [6, 6.07) is 9.48. The summed E-state index contributed by atoms with van der Waals surface area (Å²) in [4.78, 5) is 45.0. The number of aromatic nitrogens is 1. The maximum absolute atomic E-state index is 13.6. The maximum Gasteiger partial charge on any atom is 0.295 e. The van der Waals surface area contributed by atoms with E-state index in [2.05, 4.69) is 4.90 Å². The van der Waals surface area contributed by atoms with E-state index in [1.807, 2.05) is 6.92 Å². The molecule has 2 aromatic carbocycles. The number of ketones is 1. The lowest BCUT2D eigenvalue weighted by atomic mass is 10.0. The van der Waals surface area contributed by atoms with E-state index in [4.69, 9.17) is 17.4 Å². The van der Waals surface area contributed by atoms with E-state index < -0.39 is 11.7 Å². The molecule has 0 unspecified atom stereocenters. The Morgan fingerprint density at radius 3 is 2.41 bits per heavy atom. The van der Waals surface area contributed by atoms with Crippen molar-refractivity contribution in [1.82, 2.24) is 19.4 Å². The van der Waals surface area contributed by atoms with E-state index in [1.165, 1.54) is 23.0 Å². The van der Waals surface area contributed by atoms with Crippen molar-refractivity contribution in [3.05, 3.63) is 70.1 Å². The van der Waals surface area contributed by atoms with Gasteiger partial charge < -0.3 is 15.6 Å². The maximum atomic E-state index is 13.6. The van der Waals surface area contributed by atoms with Gasteiger partial charge in [0.15, 0.2) is 0 Å². The molecular weight excluding hydrogens is 497 g/mol. The van der Waals surface area contributed by atoms with Crippen LogP contribution in [0.4, 0.5) is 4.39 Å². The van der Waals surface area contributed by atoms with Crippen LogP contribution in [0.2, 0.25) is 5.02 Å². The van der Waals surface area contributed by atoms with Crippen molar-refractivity contribution in [3.63, 3.8) is 0 Å². The fraction of sp³-hybridized carbons (Fsp3) is 0.370. The molecule has 2 saturated heterocycles. The molecule has 2 amide bonds. The van der Waals surface area contributed by atoms with Crippen molar-refractivity contribution in [2.24, 2.45) is 0 Å². The number of benzene rings is 2. The molecule has 2 aliphatic heterocycles. The summed E-state index contributed by atoms with van der Waals surface area (Å²) in [6.07, 6.45) is 3.17. The number of fused-ring (bicyclic) bond motifs is 1. The van der Waals surface area contributed by atoms with E-state index in [0.717, 1.165) is 18.4 Å². The Labute approximate surface area is 219 Å². The summed E-state index contributed by atoms with van der Waals surface area (Å²) in [6.45, 7) is 5.56. The van der Waals surface area contributed by atoms with Crippen LogP contribution in [-0.2, 0) is 11.3 Å². The van der Waals surface area contributed by atoms with Crippen LogP contribution < -0.4 is 5.84 Å². The molecule has 10 heteroatoms. The van der Waals surface area contributed by atoms with Gasteiger partial charge in [0, 0.05) is 56.9 Å². The first kappa shape index (κ1) is 25.2. The van der Waals surface area contributed by atoms with Crippen molar-refractivity contribution >= 4 is 40.1 Å². The largest absolute Gasteiger partial charge is 0.339 e. The van der Waals surface area contributed by atoms with Crippen LogP contribution in [0.1, 0.15) is 46.0 Å². The smallest absolute Gasteiger partial charge is 0.295 e. The van der Waals surface area contributed by atoms with Crippen LogP contribution in [0.15, 0.2) is 42.6 Å². The second-order valence-corrected chi connectivity index (χ2v) is 10.2. The number of rotatable bonds is 5. The lowest BCUT2D eigenvalue weighted by Crippen LogP contribution is -2.53. The molecule has 2 fully saturated rings. The quantitative estimate of drug-likeness (QED) is 0.313. The monoisotopic (exact) mass is 525 g/mol. The molecule has 3 heterocycles. The molecule has 194 valence electrons. The number of nitrogens with zero attached hydrogens (tertiary/aromatic N) is 4. The second-order valence-electron chi connectivity index (χ2n) is 9.84. The molecule has 0 radical (unpaired) electrons. The number of carbonyl (C=O) groups excluding carboxylic acids is 3. The highest BCUT2D eigenvalue weighted by atomic mass is 35.5. The van der Waals surface area contributed by atoms with Gasteiger partial charge in [-0.15, -0.1) is 0 Å². The lowest BCUT2D eigenvalue weighted by molar-refractivity contribution is -0.125. The van der Waals surface area contributed by atoms with Gasteiger partial charge in [0.1, 0.15) is 5.82 Å². The highest BCUT2D eigenvalue weighted by Gasteiger charge is 2.32. The van der Waals surface area contributed by atoms with Gasteiger partial charge in [-0.1, -0.05) is 23.7 Å². The molecule has 3 aromatic rings. The third-order valence-electron chi connectivity index (χ3n) is 7.28. The van der Waals surface area contributed by atoms with Crippen LogP contribution in [0.5, 0.6) is 0 Å². The van der Waals surface area contributed by atoms with Crippen molar-refractivity contribution in [2.75, 3.05) is 38.6 Å². The van der Waals surface area contributed by atoms with Gasteiger partial charge in [-0.05, 0) is 49.6 Å². The Morgan fingerprint density at radius 2 is 1.73 bits per heavy atom. The summed E-state index contributed by atoms with van der Waals surface area (Å²) in [7, 11) is 0. The minimum atomic E-state index is -0.639. The van der Waals surface area contributed by atoms with E-state index in [0.29, 0.717) is 50.2 Å². The minimum Gasteiger partial charge on any atom is -0.339 e. The van der Waals surface area contributed by atoms with Gasteiger partial charge in [0.25, 0.3) is 17.6 Å². The van der Waals surface area contributed by atoms with E-state index in [9.17, 15) is 18.8 Å². The highest BCUT2D eigenvalue weighted by molar-refractivity contribution is 6.45. The number of hydrogen-bond acceptors (Lipinski definition) is 5. The normalized spacial score (nSPS) is 18.5. The summed E-state index contributed by atoms with van der Waals surface area (Å²) in [5.41, 5.74) is 1.91. The SMILES string of the molecule is C[C@@H]1CN(Cc2ccc(F)cc2)CCN1C(=O)c1cc2c(C(=O)C(=O)N3CCCC3)cn(N)c2cc1Cl. The van der Waals surface area contributed by atoms with Crippen LogP contribution in [0.3, 0.4) is 0 Å². The average molecular weight is 526 g/mol. The van der Waals surface area contributed by atoms with Crippen molar-refractivity contribution < 1.29 is 18.8 Å². The van der Waals surface area contributed by atoms with Crippen LogP contribution in [0, 0.1) is 5.82 Å². The number of nitrogen functional groups attached to an aromatic ring is 1. The zero-order valence-corrected chi connectivity index (χ0v) is 21.4. The van der Waals surface area contributed by atoms with Gasteiger partial charge in [0.05, 0.1) is 21.7 Å². The summed E-state index contributed by atoms with van der Waals surface area (Å²) >= 11 is 6.52. The fourth-order valence-electron chi connectivity index (χ4n) is 5.28. The lowest BCUT2D eigenvalue weighted by Gasteiger charge is -2.40. The summed E-state index contributed by atoms with van der Waals surface area (Å²) < 4.78 is 14.5. The molecule has 8 nitrogen and oxygen atoms in total. The zero-order valence-electron chi connectivity index (χ0n) is 20.6. The molecule has 1 atom stereocenters. The molecule has 0 saturated carbocycles. The standard InChI is InChI=1S/C27H29ClFN5O3/c1-17-14-31(15-18-4-6-19(29)7-5-18)10-11-33(17)26(36)21-12-20-22(16-34(30)24(20)13-23(21)28)25(35)27(37)32-8-2-3-9-32/h4-7,12-13,16-17H,2-3,8-11,14-15,30H2,1H3/t17-/m1/s1. The predicted octanol–water partition coefficient (Wildman–Crippen LogP) is 3.30. The van der Waals surface area contributed by atoms with Gasteiger partial charge in [-0.2, -0.15) is 0 Å². The van der Waals surface area contributed by atoms with Gasteiger partial charge in [-0.3, -0.25) is 24.0 Å². The number of carbonyl (C=O) groups is 3. The van der Waals surface area contributed by atoms with Crippen molar-refractivity contribution in [3.8, 4) is 0 Å². The molecule has 0 aliphatic carbocycles. The number of Topliss-reactive ketones (excluding diaryl/α,β-unsaturated/α-hetero) is 1. The first-order valence-corrected chi connectivity index (χ1v) is 12.8. The van der Waals surface area contributed by atoms with Gasteiger partial charge in [-0.25, -0.2) is 4.39 Å². The number of likely N-dealkylation sites (tertiary alicyclic amines) is 1. The van der Waals surface area contributed by atoms with Crippen LogP contribution in [-0.4, -0.2) is 75.7 Å². The van der Waals surface area contributed by atoms with Crippen LogP contribution in [0.25, 0.3) is 10.9 Å². The topological polar surface area (TPSA) is 91.9 Å². The van der Waals surface area contributed by atoms with E-state index >= 15 is 0 Å². The summed E-state index contributed by atoms with van der Waals surface area (Å²) in [5.74, 6) is 4.37. The zero-order chi connectivity index (χ0) is 26.3. The van der Waals surface area contributed by atoms with Crippen molar-refractivity contribution in [2.45, 2.75) is 32.4 Å².